The zero-order chi connectivity index (χ0) is 15.8. The van der Waals surface area contributed by atoms with Crippen molar-refractivity contribution in [3.05, 3.63) is 0 Å². The summed E-state index contributed by atoms with van der Waals surface area (Å²) in [5.74, 6) is -1.36. The van der Waals surface area contributed by atoms with Crippen LogP contribution in [0.1, 0.15) is 96.3 Å². The van der Waals surface area contributed by atoms with Gasteiger partial charge in [-0.2, -0.15) is 0 Å². The molecule has 4 nitrogen and oxygen atoms in total. The average molecular weight is 373 g/mol. The number of unbranched alkanes of at least 4 members (excludes halogenated alkanes) is 12. The lowest BCUT2D eigenvalue weighted by molar-refractivity contribution is -0.138. The zero-order valence-electron chi connectivity index (χ0n) is 14.1. The Morgan fingerprint density at radius 2 is 0.609 bits per heavy atom. The maximum Gasteiger partial charge on any atom is 0.303 e. The predicted octanol–water partition coefficient (Wildman–Crippen LogP) is 5.85. The van der Waals surface area contributed by atoms with Crippen LogP contribution in [0.25, 0.3) is 0 Å². The summed E-state index contributed by atoms with van der Waals surface area (Å²) in [7, 11) is 0. The number of carboxylic acid groups (broad SMARTS) is 2. The Morgan fingerprint density at radius 3 is 0.783 bits per heavy atom. The van der Waals surface area contributed by atoms with E-state index in [0.29, 0.717) is 12.8 Å². The highest BCUT2D eigenvalue weighted by Gasteiger charge is 1.98. The van der Waals surface area contributed by atoms with Crippen LogP contribution in [0.3, 0.4) is 0 Å². The molecule has 23 heavy (non-hydrogen) atoms. The van der Waals surface area contributed by atoms with E-state index in [9.17, 15) is 9.59 Å². The molecule has 6 heteroatoms. The lowest BCUT2D eigenvalue weighted by Gasteiger charge is -2.02. The van der Waals surface area contributed by atoms with Gasteiger partial charge < -0.3 is 10.2 Å². The average Bonchev–Trinajstić information content (AvgIpc) is 2.42. The van der Waals surface area contributed by atoms with Gasteiger partial charge in [-0.3, -0.25) is 9.59 Å². The second-order valence-electron chi connectivity index (χ2n) is 5.88. The molecule has 0 aromatic rings. The third-order valence-electron chi connectivity index (χ3n) is 3.78. The standard InChI is InChI=1S/C17H32O4.2ClH/c18-16(19)14-12-10-8-6-4-2-1-3-5-7-9-11-13-15-17(20)21;;/h1-15H2,(H,18,19)(H,20,21);2*1H. The fraction of sp³-hybridized carbons (Fsp3) is 0.882. The molecule has 0 aliphatic heterocycles. The van der Waals surface area contributed by atoms with Crippen molar-refractivity contribution in [2.45, 2.75) is 96.3 Å². The molecule has 0 aromatic carbocycles. The molecule has 0 aromatic heterocycles. The highest BCUT2D eigenvalue weighted by molar-refractivity contribution is 5.85. The van der Waals surface area contributed by atoms with Gasteiger partial charge in [-0.25, -0.2) is 0 Å². The zero-order valence-corrected chi connectivity index (χ0v) is 15.8. The maximum absolute atomic E-state index is 10.3. The fourth-order valence-electron chi connectivity index (χ4n) is 2.50. The number of hydrogen-bond acceptors (Lipinski definition) is 2. The topological polar surface area (TPSA) is 74.6 Å². The summed E-state index contributed by atoms with van der Waals surface area (Å²) in [4.78, 5) is 20.6. The van der Waals surface area contributed by atoms with Crippen LogP contribution < -0.4 is 0 Å². The summed E-state index contributed by atoms with van der Waals surface area (Å²) in [5, 5.41) is 17.0. The summed E-state index contributed by atoms with van der Waals surface area (Å²) in [6.07, 6.45) is 15.5. The van der Waals surface area contributed by atoms with Gasteiger partial charge in [-0.1, -0.05) is 70.6 Å². The van der Waals surface area contributed by atoms with Crippen LogP contribution in [0.5, 0.6) is 0 Å². The first-order valence-electron chi connectivity index (χ1n) is 8.56. The van der Waals surface area contributed by atoms with Crippen molar-refractivity contribution in [2.24, 2.45) is 0 Å². The summed E-state index contributed by atoms with van der Waals surface area (Å²) in [6, 6.07) is 0. The number of carboxylic acids is 2. The Labute approximate surface area is 153 Å². The number of hydrogen-bond donors (Lipinski definition) is 2. The first kappa shape index (κ1) is 27.4. The van der Waals surface area contributed by atoms with Crippen molar-refractivity contribution >= 4 is 36.8 Å². The molecular weight excluding hydrogens is 339 g/mol. The lowest BCUT2D eigenvalue weighted by atomic mass is 10.0. The number of halogens is 2. The first-order chi connectivity index (χ1) is 10.1. The van der Waals surface area contributed by atoms with Crippen molar-refractivity contribution in [1.82, 2.24) is 0 Å². The van der Waals surface area contributed by atoms with E-state index in [4.69, 9.17) is 10.2 Å². The molecule has 2 N–H and O–H groups in total. The van der Waals surface area contributed by atoms with Gasteiger partial charge in [-0.05, 0) is 12.8 Å². The monoisotopic (exact) mass is 372 g/mol. The molecule has 0 amide bonds. The van der Waals surface area contributed by atoms with Crippen LogP contribution in [0.4, 0.5) is 0 Å². The summed E-state index contributed by atoms with van der Waals surface area (Å²) >= 11 is 0. The van der Waals surface area contributed by atoms with Gasteiger partial charge >= 0.3 is 11.9 Å². The Hall–Kier alpha value is -0.480. The Kier molecular flexibility index (Phi) is 25.6. The van der Waals surface area contributed by atoms with Crippen molar-refractivity contribution in [2.75, 3.05) is 0 Å². The lowest BCUT2D eigenvalue weighted by Crippen LogP contribution is -1.93. The van der Waals surface area contributed by atoms with E-state index in [2.05, 4.69) is 0 Å². The first-order valence-corrected chi connectivity index (χ1v) is 8.56. The van der Waals surface area contributed by atoms with Crippen LogP contribution in [-0.2, 0) is 9.59 Å². The van der Waals surface area contributed by atoms with Gasteiger partial charge in [-0.15, -0.1) is 24.8 Å². The molecule has 140 valence electrons. The molecule has 0 rings (SSSR count). The maximum atomic E-state index is 10.3. The molecule has 0 unspecified atom stereocenters. The quantitative estimate of drug-likeness (QED) is 0.333. The molecule has 0 aliphatic carbocycles. The van der Waals surface area contributed by atoms with Crippen LogP contribution in [0.2, 0.25) is 0 Å². The minimum Gasteiger partial charge on any atom is -0.481 e. The SMILES string of the molecule is Cl.Cl.O=C(O)CCCCCCCCCCCCCCCC(=O)O. The van der Waals surface area contributed by atoms with Gasteiger partial charge in [0.05, 0.1) is 0 Å². The van der Waals surface area contributed by atoms with E-state index in [1.807, 2.05) is 0 Å². The van der Waals surface area contributed by atoms with Crippen LogP contribution in [0, 0.1) is 0 Å². The third kappa shape index (κ3) is 26.7. The van der Waals surface area contributed by atoms with Crippen LogP contribution in [0.15, 0.2) is 0 Å². The largest absolute Gasteiger partial charge is 0.481 e. The van der Waals surface area contributed by atoms with E-state index in [-0.39, 0.29) is 24.8 Å². The Morgan fingerprint density at radius 1 is 0.435 bits per heavy atom. The highest BCUT2D eigenvalue weighted by atomic mass is 35.5. The normalized spacial score (nSPS) is 9.74. The molecule has 0 saturated carbocycles. The van der Waals surface area contributed by atoms with Gasteiger partial charge in [0.2, 0.25) is 0 Å². The van der Waals surface area contributed by atoms with E-state index in [1.54, 1.807) is 0 Å². The minimum absolute atomic E-state index is 0. The molecule has 0 atom stereocenters. The molecule has 0 fully saturated rings. The second-order valence-corrected chi connectivity index (χ2v) is 5.88. The van der Waals surface area contributed by atoms with Gasteiger partial charge in [0.15, 0.2) is 0 Å². The number of carbonyl (C=O) groups is 2. The van der Waals surface area contributed by atoms with Crippen molar-refractivity contribution in [1.29, 1.82) is 0 Å². The number of rotatable bonds is 16. The summed E-state index contributed by atoms with van der Waals surface area (Å²) < 4.78 is 0. The summed E-state index contributed by atoms with van der Waals surface area (Å²) in [6.45, 7) is 0. The highest BCUT2D eigenvalue weighted by Crippen LogP contribution is 2.13. The molecular formula is C17H34Cl2O4. The van der Waals surface area contributed by atoms with Crippen molar-refractivity contribution < 1.29 is 19.8 Å². The van der Waals surface area contributed by atoms with Crippen molar-refractivity contribution in [3.63, 3.8) is 0 Å². The molecule has 0 aliphatic rings. The van der Waals surface area contributed by atoms with E-state index >= 15 is 0 Å². The Balaban J connectivity index is -0.00000200. The summed E-state index contributed by atoms with van der Waals surface area (Å²) in [5.41, 5.74) is 0. The molecule has 0 radical (unpaired) electrons. The van der Waals surface area contributed by atoms with E-state index in [1.165, 1.54) is 44.9 Å². The smallest absolute Gasteiger partial charge is 0.303 e. The van der Waals surface area contributed by atoms with E-state index in [0.717, 1.165) is 38.5 Å². The fourth-order valence-corrected chi connectivity index (χ4v) is 2.50. The minimum atomic E-state index is -0.682. The van der Waals surface area contributed by atoms with Crippen LogP contribution in [-0.4, -0.2) is 22.2 Å². The third-order valence-corrected chi connectivity index (χ3v) is 3.78. The molecule has 0 bridgehead atoms. The molecule has 0 spiro atoms. The Bertz CT molecular complexity index is 247. The predicted molar refractivity (Wildman–Crippen MR) is 99.0 cm³/mol. The van der Waals surface area contributed by atoms with Gasteiger partial charge in [0.1, 0.15) is 0 Å². The van der Waals surface area contributed by atoms with Crippen LogP contribution >= 0.6 is 24.8 Å². The molecule has 0 heterocycles. The van der Waals surface area contributed by atoms with Crippen molar-refractivity contribution in [3.8, 4) is 0 Å². The van der Waals surface area contributed by atoms with E-state index < -0.39 is 11.9 Å². The van der Waals surface area contributed by atoms with Gasteiger partial charge in [0.25, 0.3) is 0 Å². The second kappa shape index (κ2) is 21.5. The molecule has 0 saturated heterocycles. The van der Waals surface area contributed by atoms with Gasteiger partial charge in [0, 0.05) is 12.8 Å². The number of aliphatic carboxylic acids is 2.